The van der Waals surface area contributed by atoms with Crippen LogP contribution in [-0.4, -0.2) is 30.1 Å². The number of halogens is 1. The summed E-state index contributed by atoms with van der Waals surface area (Å²) in [5.41, 5.74) is 2.20. The minimum absolute atomic E-state index is 0.0263. The Morgan fingerprint density at radius 2 is 2.41 bits per heavy atom. The SMILES string of the molecule is O=C(C1CSCN1)N1CCc2cc(Cl)ccc21. The van der Waals surface area contributed by atoms with Gasteiger partial charge in [-0.2, -0.15) is 0 Å². The molecule has 2 aliphatic rings. The Hall–Kier alpha value is -0.710. The van der Waals surface area contributed by atoms with Gasteiger partial charge in [-0.1, -0.05) is 11.6 Å². The molecule has 1 saturated heterocycles. The zero-order chi connectivity index (χ0) is 11.8. The molecule has 1 atom stereocenters. The van der Waals surface area contributed by atoms with E-state index in [-0.39, 0.29) is 11.9 Å². The van der Waals surface area contributed by atoms with Crippen molar-refractivity contribution in [2.24, 2.45) is 0 Å². The fraction of sp³-hybridized carbons (Fsp3) is 0.417. The van der Waals surface area contributed by atoms with Gasteiger partial charge in [-0.15, -0.1) is 11.8 Å². The van der Waals surface area contributed by atoms with E-state index in [1.54, 1.807) is 11.8 Å². The van der Waals surface area contributed by atoms with Crippen LogP contribution in [0.2, 0.25) is 5.02 Å². The monoisotopic (exact) mass is 268 g/mol. The Bertz CT molecular complexity index is 460. The fourth-order valence-corrected chi connectivity index (χ4v) is 3.47. The quantitative estimate of drug-likeness (QED) is 0.844. The Kier molecular flexibility index (Phi) is 3.03. The molecule has 1 aromatic rings. The predicted octanol–water partition coefficient (Wildman–Crippen LogP) is 1.89. The van der Waals surface area contributed by atoms with Gasteiger partial charge in [-0.25, -0.2) is 0 Å². The maximum absolute atomic E-state index is 12.3. The summed E-state index contributed by atoms with van der Waals surface area (Å²) in [5, 5.41) is 3.96. The summed E-state index contributed by atoms with van der Waals surface area (Å²) >= 11 is 7.73. The van der Waals surface area contributed by atoms with Crippen LogP contribution in [0.3, 0.4) is 0 Å². The lowest BCUT2D eigenvalue weighted by Crippen LogP contribution is -2.44. The number of hydrogen-bond donors (Lipinski definition) is 1. The second-order valence-electron chi connectivity index (χ2n) is 4.28. The highest BCUT2D eigenvalue weighted by molar-refractivity contribution is 7.99. The smallest absolute Gasteiger partial charge is 0.245 e. The summed E-state index contributed by atoms with van der Waals surface area (Å²) in [6, 6.07) is 5.73. The third kappa shape index (κ3) is 2.05. The van der Waals surface area contributed by atoms with Crippen LogP contribution in [0.4, 0.5) is 5.69 Å². The molecule has 3 nitrogen and oxygen atoms in total. The van der Waals surface area contributed by atoms with Crippen LogP contribution in [0.5, 0.6) is 0 Å². The molecule has 3 rings (SSSR count). The first kappa shape index (κ1) is 11.4. The molecule has 5 heteroatoms. The number of benzene rings is 1. The first-order chi connectivity index (χ1) is 8.25. The summed E-state index contributed by atoms with van der Waals surface area (Å²) in [6.07, 6.45) is 0.904. The van der Waals surface area contributed by atoms with E-state index in [1.807, 2.05) is 23.1 Å². The Balaban J connectivity index is 1.85. The Morgan fingerprint density at radius 1 is 1.53 bits per heavy atom. The molecule has 0 aliphatic carbocycles. The number of nitrogens with one attached hydrogen (secondary N) is 1. The van der Waals surface area contributed by atoms with Gasteiger partial charge in [0.25, 0.3) is 0 Å². The second-order valence-corrected chi connectivity index (χ2v) is 5.75. The third-order valence-electron chi connectivity index (χ3n) is 3.22. The van der Waals surface area contributed by atoms with Crippen molar-refractivity contribution in [1.82, 2.24) is 5.32 Å². The van der Waals surface area contributed by atoms with Crippen molar-refractivity contribution in [3.05, 3.63) is 28.8 Å². The summed E-state index contributed by atoms with van der Waals surface area (Å²) in [6.45, 7) is 0.775. The number of hydrogen-bond acceptors (Lipinski definition) is 3. The summed E-state index contributed by atoms with van der Waals surface area (Å²) < 4.78 is 0. The van der Waals surface area contributed by atoms with Gasteiger partial charge in [0.1, 0.15) is 0 Å². The van der Waals surface area contributed by atoms with Gasteiger partial charge in [-0.3, -0.25) is 10.1 Å². The topological polar surface area (TPSA) is 32.3 Å². The van der Waals surface area contributed by atoms with E-state index in [1.165, 1.54) is 5.56 Å². The van der Waals surface area contributed by atoms with Crippen molar-refractivity contribution in [2.75, 3.05) is 23.1 Å². The standard InChI is InChI=1S/C12H13ClN2OS/c13-9-1-2-11-8(5-9)3-4-15(11)12(16)10-6-17-7-14-10/h1-2,5,10,14H,3-4,6-7H2. The number of fused-ring (bicyclic) bond motifs is 1. The maximum Gasteiger partial charge on any atom is 0.245 e. The van der Waals surface area contributed by atoms with Gasteiger partial charge >= 0.3 is 0 Å². The number of carbonyl (C=O) groups is 1. The zero-order valence-corrected chi connectivity index (χ0v) is 10.9. The number of amides is 1. The number of thioether (sulfide) groups is 1. The normalized spacial score (nSPS) is 22.9. The lowest BCUT2D eigenvalue weighted by molar-refractivity contribution is -0.119. The van der Waals surface area contributed by atoms with E-state index < -0.39 is 0 Å². The number of rotatable bonds is 1. The van der Waals surface area contributed by atoms with Crippen LogP contribution < -0.4 is 10.2 Å². The highest BCUT2D eigenvalue weighted by atomic mass is 35.5. The van der Waals surface area contributed by atoms with Crippen LogP contribution in [0.25, 0.3) is 0 Å². The van der Waals surface area contributed by atoms with Crippen molar-refractivity contribution in [3.63, 3.8) is 0 Å². The molecule has 0 spiro atoms. The largest absolute Gasteiger partial charge is 0.310 e. The summed E-state index contributed by atoms with van der Waals surface area (Å²) in [5.74, 6) is 1.94. The van der Waals surface area contributed by atoms with E-state index in [9.17, 15) is 4.79 Å². The highest BCUT2D eigenvalue weighted by Crippen LogP contribution is 2.31. The molecule has 1 unspecified atom stereocenters. The van der Waals surface area contributed by atoms with Crippen molar-refractivity contribution in [1.29, 1.82) is 0 Å². The third-order valence-corrected chi connectivity index (χ3v) is 4.39. The van der Waals surface area contributed by atoms with E-state index in [0.717, 1.165) is 35.3 Å². The van der Waals surface area contributed by atoms with Crippen molar-refractivity contribution >= 4 is 35.0 Å². The van der Waals surface area contributed by atoms with Crippen LogP contribution in [0.15, 0.2) is 18.2 Å². The first-order valence-electron chi connectivity index (χ1n) is 5.66. The first-order valence-corrected chi connectivity index (χ1v) is 7.20. The van der Waals surface area contributed by atoms with E-state index in [2.05, 4.69) is 5.32 Å². The van der Waals surface area contributed by atoms with Gasteiger partial charge in [0.15, 0.2) is 0 Å². The molecule has 1 fully saturated rings. The minimum atomic E-state index is -0.0263. The summed E-state index contributed by atoms with van der Waals surface area (Å²) in [4.78, 5) is 14.2. The van der Waals surface area contributed by atoms with Gasteiger partial charge in [0, 0.05) is 28.9 Å². The minimum Gasteiger partial charge on any atom is -0.310 e. The van der Waals surface area contributed by atoms with Crippen LogP contribution >= 0.6 is 23.4 Å². The number of nitrogens with zero attached hydrogens (tertiary/aromatic N) is 1. The second kappa shape index (κ2) is 4.52. The lowest BCUT2D eigenvalue weighted by Gasteiger charge is -2.21. The predicted molar refractivity (Wildman–Crippen MR) is 71.8 cm³/mol. The molecule has 1 N–H and O–H groups in total. The molecule has 1 aromatic carbocycles. The molecular formula is C12H13ClN2OS. The lowest BCUT2D eigenvalue weighted by atomic mass is 10.2. The van der Waals surface area contributed by atoms with Crippen molar-refractivity contribution in [2.45, 2.75) is 12.5 Å². The van der Waals surface area contributed by atoms with E-state index >= 15 is 0 Å². The van der Waals surface area contributed by atoms with Crippen molar-refractivity contribution in [3.8, 4) is 0 Å². The summed E-state index contributed by atoms with van der Waals surface area (Å²) in [7, 11) is 0. The molecule has 0 aromatic heterocycles. The average Bonchev–Trinajstić information content (AvgIpc) is 2.96. The molecule has 0 radical (unpaired) electrons. The number of carbonyl (C=O) groups excluding carboxylic acids is 1. The Labute approximate surface area is 110 Å². The Morgan fingerprint density at radius 3 is 3.18 bits per heavy atom. The van der Waals surface area contributed by atoms with Crippen LogP contribution in [0, 0.1) is 0 Å². The van der Waals surface area contributed by atoms with Gasteiger partial charge in [0.2, 0.25) is 5.91 Å². The molecular weight excluding hydrogens is 256 g/mol. The van der Waals surface area contributed by atoms with Gasteiger partial charge in [-0.05, 0) is 30.2 Å². The van der Waals surface area contributed by atoms with Crippen LogP contribution in [0.1, 0.15) is 5.56 Å². The zero-order valence-electron chi connectivity index (χ0n) is 9.28. The van der Waals surface area contributed by atoms with Crippen molar-refractivity contribution < 1.29 is 4.79 Å². The molecule has 0 saturated carbocycles. The fourth-order valence-electron chi connectivity index (χ4n) is 2.34. The molecule has 2 aliphatic heterocycles. The molecule has 0 bridgehead atoms. The maximum atomic E-state index is 12.3. The average molecular weight is 269 g/mol. The van der Waals surface area contributed by atoms with E-state index in [4.69, 9.17) is 11.6 Å². The van der Waals surface area contributed by atoms with Gasteiger partial charge < -0.3 is 4.90 Å². The van der Waals surface area contributed by atoms with Gasteiger partial charge in [0.05, 0.1) is 6.04 Å². The molecule has 90 valence electrons. The molecule has 17 heavy (non-hydrogen) atoms. The highest BCUT2D eigenvalue weighted by Gasteiger charge is 2.31. The molecule has 2 heterocycles. The van der Waals surface area contributed by atoms with Crippen LogP contribution in [-0.2, 0) is 11.2 Å². The number of anilines is 1. The van der Waals surface area contributed by atoms with E-state index in [0.29, 0.717) is 0 Å². The molecule has 1 amide bonds.